The van der Waals surface area contributed by atoms with E-state index in [0.29, 0.717) is 30.0 Å². The SMILES string of the molecule is CC(CCc1ccccc1)NC(=O)CCCc1nnc(C(=O)Nc2cccc(Cl)c2)s1. The van der Waals surface area contributed by atoms with E-state index in [1.165, 1.54) is 16.9 Å². The van der Waals surface area contributed by atoms with Gasteiger partial charge in [0.2, 0.25) is 10.9 Å². The van der Waals surface area contributed by atoms with E-state index < -0.39 is 0 Å². The van der Waals surface area contributed by atoms with E-state index in [1.807, 2.05) is 25.1 Å². The molecule has 31 heavy (non-hydrogen) atoms. The zero-order valence-electron chi connectivity index (χ0n) is 17.3. The highest BCUT2D eigenvalue weighted by atomic mass is 35.5. The lowest BCUT2D eigenvalue weighted by atomic mass is 10.1. The monoisotopic (exact) mass is 456 g/mol. The second kappa shape index (κ2) is 11.6. The smallest absolute Gasteiger partial charge is 0.286 e. The van der Waals surface area contributed by atoms with Gasteiger partial charge in [-0.2, -0.15) is 0 Å². The number of carbonyl (C=O) groups is 2. The molecule has 8 heteroatoms. The van der Waals surface area contributed by atoms with Gasteiger partial charge < -0.3 is 10.6 Å². The summed E-state index contributed by atoms with van der Waals surface area (Å²) in [5.74, 6) is -0.292. The van der Waals surface area contributed by atoms with Crippen LogP contribution in [0, 0.1) is 0 Å². The van der Waals surface area contributed by atoms with Crippen LogP contribution in [0.25, 0.3) is 0 Å². The third-order valence-electron chi connectivity index (χ3n) is 4.65. The molecule has 1 atom stereocenters. The maximum absolute atomic E-state index is 12.3. The van der Waals surface area contributed by atoms with Crippen LogP contribution in [0.4, 0.5) is 5.69 Å². The summed E-state index contributed by atoms with van der Waals surface area (Å²) in [5.41, 5.74) is 1.88. The van der Waals surface area contributed by atoms with Gasteiger partial charge in [-0.05, 0) is 49.9 Å². The lowest BCUT2D eigenvalue weighted by Crippen LogP contribution is -2.32. The topological polar surface area (TPSA) is 84.0 Å². The number of aromatic nitrogens is 2. The molecule has 0 bridgehead atoms. The first-order valence-electron chi connectivity index (χ1n) is 10.2. The summed E-state index contributed by atoms with van der Waals surface area (Å²) in [5, 5.41) is 15.4. The Balaban J connectivity index is 1.37. The van der Waals surface area contributed by atoms with Crippen LogP contribution >= 0.6 is 22.9 Å². The molecule has 0 saturated carbocycles. The number of nitrogens with one attached hydrogen (secondary N) is 2. The summed E-state index contributed by atoms with van der Waals surface area (Å²) in [6, 6.07) is 17.3. The first-order chi connectivity index (χ1) is 15.0. The van der Waals surface area contributed by atoms with Gasteiger partial charge in [0.25, 0.3) is 5.91 Å². The van der Waals surface area contributed by atoms with E-state index in [-0.39, 0.29) is 22.9 Å². The molecule has 1 aromatic heterocycles. The van der Waals surface area contributed by atoms with Gasteiger partial charge in [0.05, 0.1) is 0 Å². The molecule has 0 aliphatic heterocycles. The number of hydrogen-bond acceptors (Lipinski definition) is 5. The summed E-state index contributed by atoms with van der Waals surface area (Å²) < 4.78 is 0. The van der Waals surface area contributed by atoms with E-state index in [4.69, 9.17) is 11.6 Å². The summed E-state index contributed by atoms with van der Waals surface area (Å²) in [6.07, 6.45) is 3.51. The number of rotatable bonds is 10. The minimum absolute atomic E-state index is 0.0315. The Morgan fingerprint density at radius 1 is 1.06 bits per heavy atom. The van der Waals surface area contributed by atoms with Crippen molar-refractivity contribution in [2.75, 3.05) is 5.32 Å². The fourth-order valence-corrected chi connectivity index (χ4v) is 4.01. The predicted octanol–water partition coefficient (Wildman–Crippen LogP) is 4.90. The molecule has 1 unspecified atom stereocenters. The standard InChI is InChI=1S/C23H25ClN4O2S/c1-16(13-14-17-7-3-2-4-8-17)25-20(29)11-6-12-21-27-28-23(31-21)22(30)26-19-10-5-9-18(24)15-19/h2-5,7-10,15-16H,6,11-14H2,1H3,(H,25,29)(H,26,30). The molecule has 3 rings (SSSR count). The van der Waals surface area contributed by atoms with Crippen LogP contribution in [0.15, 0.2) is 54.6 Å². The van der Waals surface area contributed by atoms with Crippen molar-refractivity contribution in [1.29, 1.82) is 0 Å². The summed E-state index contributed by atoms with van der Waals surface area (Å²) in [7, 11) is 0. The number of carbonyl (C=O) groups excluding carboxylic acids is 2. The van der Waals surface area contributed by atoms with Gasteiger partial charge in [-0.3, -0.25) is 9.59 Å². The van der Waals surface area contributed by atoms with Crippen LogP contribution < -0.4 is 10.6 Å². The molecule has 0 spiro atoms. The van der Waals surface area contributed by atoms with Crippen LogP contribution in [-0.4, -0.2) is 28.1 Å². The summed E-state index contributed by atoms with van der Waals surface area (Å²) in [6.45, 7) is 2.02. The van der Waals surface area contributed by atoms with Crippen LogP contribution in [0.2, 0.25) is 5.02 Å². The predicted molar refractivity (Wildman–Crippen MR) is 125 cm³/mol. The fraction of sp³-hybridized carbons (Fsp3) is 0.304. The summed E-state index contributed by atoms with van der Waals surface area (Å²) in [4.78, 5) is 24.5. The number of halogens is 1. The van der Waals surface area contributed by atoms with Crippen molar-refractivity contribution in [1.82, 2.24) is 15.5 Å². The Morgan fingerprint density at radius 3 is 2.65 bits per heavy atom. The van der Waals surface area contributed by atoms with E-state index in [0.717, 1.165) is 17.8 Å². The van der Waals surface area contributed by atoms with Gasteiger partial charge in [0, 0.05) is 29.6 Å². The molecule has 6 nitrogen and oxygen atoms in total. The molecule has 3 aromatic rings. The van der Waals surface area contributed by atoms with E-state index >= 15 is 0 Å². The summed E-state index contributed by atoms with van der Waals surface area (Å²) >= 11 is 7.17. The highest BCUT2D eigenvalue weighted by Gasteiger charge is 2.14. The minimum Gasteiger partial charge on any atom is -0.354 e. The molecule has 0 saturated heterocycles. The third-order valence-corrected chi connectivity index (χ3v) is 5.87. The highest BCUT2D eigenvalue weighted by molar-refractivity contribution is 7.13. The lowest BCUT2D eigenvalue weighted by Gasteiger charge is -2.13. The zero-order chi connectivity index (χ0) is 22.1. The van der Waals surface area contributed by atoms with Gasteiger partial charge in [-0.15, -0.1) is 10.2 Å². The Kier molecular flexibility index (Phi) is 8.55. The second-order valence-electron chi connectivity index (χ2n) is 7.31. The van der Waals surface area contributed by atoms with E-state index in [2.05, 4.69) is 33.0 Å². The molecule has 162 valence electrons. The number of anilines is 1. The number of amides is 2. The van der Waals surface area contributed by atoms with Gasteiger partial charge in [0.15, 0.2) is 0 Å². The van der Waals surface area contributed by atoms with Gasteiger partial charge >= 0.3 is 0 Å². The van der Waals surface area contributed by atoms with Crippen LogP contribution in [0.3, 0.4) is 0 Å². The molecular formula is C23H25ClN4O2S. The van der Waals surface area contributed by atoms with Gasteiger partial charge in [-0.25, -0.2) is 0 Å². The molecule has 2 amide bonds. The fourth-order valence-electron chi connectivity index (χ4n) is 3.04. The second-order valence-corrected chi connectivity index (χ2v) is 8.81. The molecule has 2 N–H and O–H groups in total. The number of benzene rings is 2. The first kappa shape index (κ1) is 22.9. The van der Waals surface area contributed by atoms with Crippen molar-refractivity contribution in [2.24, 2.45) is 0 Å². The molecule has 1 heterocycles. The van der Waals surface area contributed by atoms with E-state index in [9.17, 15) is 9.59 Å². The van der Waals surface area contributed by atoms with Crippen molar-refractivity contribution in [2.45, 2.75) is 45.1 Å². The molecule has 0 fully saturated rings. The molecule has 0 aliphatic rings. The van der Waals surface area contributed by atoms with Crippen molar-refractivity contribution in [3.8, 4) is 0 Å². The molecule has 2 aromatic carbocycles. The Morgan fingerprint density at radius 2 is 1.87 bits per heavy atom. The van der Waals surface area contributed by atoms with Crippen molar-refractivity contribution >= 4 is 40.4 Å². The molecule has 0 aliphatic carbocycles. The third kappa shape index (κ3) is 7.77. The van der Waals surface area contributed by atoms with Crippen molar-refractivity contribution in [3.05, 3.63) is 75.2 Å². The maximum atomic E-state index is 12.3. The van der Waals surface area contributed by atoms with Crippen LogP contribution in [-0.2, 0) is 17.6 Å². The largest absolute Gasteiger partial charge is 0.354 e. The number of aryl methyl sites for hydroxylation is 2. The average Bonchev–Trinajstić information content (AvgIpc) is 3.22. The van der Waals surface area contributed by atoms with Crippen molar-refractivity contribution in [3.63, 3.8) is 0 Å². The lowest BCUT2D eigenvalue weighted by molar-refractivity contribution is -0.121. The average molecular weight is 457 g/mol. The van der Waals surface area contributed by atoms with Crippen LogP contribution in [0.1, 0.15) is 46.6 Å². The molecular weight excluding hydrogens is 432 g/mol. The van der Waals surface area contributed by atoms with Crippen LogP contribution in [0.5, 0.6) is 0 Å². The van der Waals surface area contributed by atoms with Gasteiger partial charge in [-0.1, -0.05) is 59.3 Å². The normalized spacial score (nSPS) is 11.7. The maximum Gasteiger partial charge on any atom is 0.286 e. The number of nitrogens with zero attached hydrogens (tertiary/aromatic N) is 2. The van der Waals surface area contributed by atoms with Crippen molar-refractivity contribution < 1.29 is 9.59 Å². The minimum atomic E-state index is -0.323. The Bertz CT molecular complexity index is 1010. The van der Waals surface area contributed by atoms with Gasteiger partial charge in [0.1, 0.15) is 5.01 Å². The Hall–Kier alpha value is -2.77. The molecule has 0 radical (unpaired) electrons. The Labute approximate surface area is 191 Å². The zero-order valence-corrected chi connectivity index (χ0v) is 18.9. The quantitative estimate of drug-likeness (QED) is 0.454. The highest BCUT2D eigenvalue weighted by Crippen LogP contribution is 2.18. The first-order valence-corrected chi connectivity index (χ1v) is 11.4. The van der Waals surface area contributed by atoms with E-state index in [1.54, 1.807) is 24.3 Å². The number of hydrogen-bond donors (Lipinski definition) is 2.